The van der Waals surface area contributed by atoms with Crippen LogP contribution < -0.4 is 24.8 Å². The summed E-state index contributed by atoms with van der Waals surface area (Å²) in [7, 11) is 1.51. The number of aryl methyl sites for hydroxylation is 1. The second-order valence-corrected chi connectivity index (χ2v) is 9.90. The van der Waals surface area contributed by atoms with Gasteiger partial charge in [-0.15, -0.1) is 0 Å². The molecular formula is C28H34FN3O6. The van der Waals surface area contributed by atoms with E-state index in [2.05, 4.69) is 10.6 Å². The Morgan fingerprint density at radius 1 is 1.11 bits per heavy atom. The summed E-state index contributed by atoms with van der Waals surface area (Å²) in [5.74, 6) is -0.125. The van der Waals surface area contributed by atoms with Gasteiger partial charge in [-0.05, 0) is 41.8 Å². The van der Waals surface area contributed by atoms with Crippen LogP contribution in [-0.4, -0.2) is 61.6 Å². The van der Waals surface area contributed by atoms with Gasteiger partial charge in [-0.25, -0.2) is 4.39 Å². The Labute approximate surface area is 221 Å². The second-order valence-electron chi connectivity index (χ2n) is 9.90. The summed E-state index contributed by atoms with van der Waals surface area (Å²) in [6, 6.07) is 9.07. The van der Waals surface area contributed by atoms with Crippen LogP contribution >= 0.6 is 0 Å². The van der Waals surface area contributed by atoms with Gasteiger partial charge in [0.25, 0.3) is 5.91 Å². The van der Waals surface area contributed by atoms with Crippen molar-refractivity contribution in [1.29, 1.82) is 0 Å². The van der Waals surface area contributed by atoms with E-state index in [9.17, 15) is 18.8 Å². The van der Waals surface area contributed by atoms with E-state index >= 15 is 0 Å². The predicted molar refractivity (Wildman–Crippen MR) is 137 cm³/mol. The highest BCUT2D eigenvalue weighted by atomic mass is 19.1. The third kappa shape index (κ3) is 6.93. The molecule has 0 aromatic heterocycles. The number of likely N-dealkylation sites (tertiary alicyclic amines) is 1. The molecule has 1 saturated heterocycles. The van der Waals surface area contributed by atoms with E-state index in [1.54, 1.807) is 23.1 Å². The molecule has 2 aliphatic heterocycles. The Morgan fingerprint density at radius 3 is 2.68 bits per heavy atom. The molecule has 4 bridgehead atoms. The normalized spacial score (nSPS) is 20.6. The monoisotopic (exact) mass is 527 g/mol. The van der Waals surface area contributed by atoms with Crippen LogP contribution in [0.3, 0.4) is 0 Å². The van der Waals surface area contributed by atoms with Gasteiger partial charge >= 0.3 is 0 Å². The first-order valence-electron chi connectivity index (χ1n) is 12.8. The second kappa shape index (κ2) is 12.1. The number of methoxy groups -OCH3 is 1. The molecule has 9 nitrogen and oxygen atoms in total. The number of rotatable bonds is 2. The molecule has 2 aromatic rings. The molecule has 10 heteroatoms. The first kappa shape index (κ1) is 27.2. The van der Waals surface area contributed by atoms with Crippen molar-refractivity contribution in [3.63, 3.8) is 0 Å². The van der Waals surface area contributed by atoms with Crippen molar-refractivity contribution in [3.05, 3.63) is 53.3 Å². The van der Waals surface area contributed by atoms with Crippen molar-refractivity contribution in [2.24, 2.45) is 5.92 Å². The Morgan fingerprint density at radius 2 is 1.92 bits per heavy atom. The summed E-state index contributed by atoms with van der Waals surface area (Å²) in [6.45, 7) is 4.22. The fourth-order valence-electron chi connectivity index (χ4n) is 4.67. The molecule has 38 heavy (non-hydrogen) atoms. The molecular weight excluding hydrogens is 493 g/mol. The van der Waals surface area contributed by atoms with E-state index < -0.39 is 23.9 Å². The van der Waals surface area contributed by atoms with Gasteiger partial charge in [0.15, 0.2) is 18.1 Å². The van der Waals surface area contributed by atoms with Gasteiger partial charge in [0.2, 0.25) is 11.8 Å². The van der Waals surface area contributed by atoms with E-state index in [0.29, 0.717) is 42.2 Å². The van der Waals surface area contributed by atoms with Crippen molar-refractivity contribution in [3.8, 4) is 17.2 Å². The van der Waals surface area contributed by atoms with Crippen molar-refractivity contribution >= 4 is 17.7 Å². The topological polar surface area (TPSA) is 106 Å². The number of carbonyl (C=O) groups is 3. The van der Waals surface area contributed by atoms with Gasteiger partial charge in [0.05, 0.1) is 13.2 Å². The maximum atomic E-state index is 14.4. The fraction of sp³-hybridized carbons (Fsp3) is 0.464. The number of carbonyl (C=O) groups excluding carboxylic acids is 3. The van der Waals surface area contributed by atoms with Gasteiger partial charge in [0, 0.05) is 44.5 Å². The predicted octanol–water partition coefficient (Wildman–Crippen LogP) is 2.60. The first-order chi connectivity index (χ1) is 18.2. The lowest BCUT2D eigenvalue weighted by Crippen LogP contribution is -2.59. The summed E-state index contributed by atoms with van der Waals surface area (Å²) in [4.78, 5) is 39.8. The molecule has 0 saturated carbocycles. The quantitative estimate of drug-likeness (QED) is 0.622. The van der Waals surface area contributed by atoms with Crippen molar-refractivity contribution in [2.75, 3.05) is 26.8 Å². The molecule has 204 valence electrons. The average Bonchev–Trinajstić information content (AvgIpc) is 2.89. The van der Waals surface area contributed by atoms with E-state index in [0.717, 1.165) is 5.56 Å². The van der Waals surface area contributed by atoms with Crippen molar-refractivity contribution in [2.45, 2.75) is 51.8 Å². The maximum absolute atomic E-state index is 14.4. The van der Waals surface area contributed by atoms with Crippen LogP contribution in [0.1, 0.15) is 37.8 Å². The third-order valence-electron chi connectivity index (χ3n) is 6.64. The molecule has 4 rings (SSSR count). The van der Waals surface area contributed by atoms with E-state index in [1.807, 2.05) is 19.9 Å². The van der Waals surface area contributed by atoms with Crippen LogP contribution in [0.4, 0.5) is 4.39 Å². The number of hydrogen-bond acceptors (Lipinski definition) is 6. The highest BCUT2D eigenvalue weighted by Gasteiger charge is 2.35. The molecule has 0 spiro atoms. The molecule has 0 aliphatic carbocycles. The van der Waals surface area contributed by atoms with Crippen molar-refractivity contribution < 1.29 is 33.0 Å². The van der Waals surface area contributed by atoms with Crippen LogP contribution in [0.2, 0.25) is 0 Å². The molecule has 3 amide bonds. The van der Waals surface area contributed by atoms with Crippen LogP contribution in [0.25, 0.3) is 0 Å². The maximum Gasteiger partial charge on any atom is 0.258 e. The van der Waals surface area contributed by atoms with Gasteiger partial charge < -0.3 is 29.7 Å². The highest BCUT2D eigenvalue weighted by Crippen LogP contribution is 2.29. The number of fused-ring (bicyclic) bond motifs is 5. The lowest BCUT2D eigenvalue weighted by molar-refractivity contribution is -0.138. The lowest BCUT2D eigenvalue weighted by atomic mass is 10.00. The van der Waals surface area contributed by atoms with Crippen LogP contribution in [0.5, 0.6) is 17.2 Å². The number of hydrogen-bond donors (Lipinski definition) is 2. The molecule has 0 unspecified atom stereocenters. The van der Waals surface area contributed by atoms with Gasteiger partial charge in [-0.3, -0.25) is 14.4 Å². The largest absolute Gasteiger partial charge is 0.493 e. The van der Waals surface area contributed by atoms with Gasteiger partial charge in [0.1, 0.15) is 17.7 Å². The summed E-state index contributed by atoms with van der Waals surface area (Å²) in [5.41, 5.74) is 1.40. The fourth-order valence-corrected chi connectivity index (χ4v) is 4.67. The number of nitrogens with zero attached hydrogens (tertiary/aromatic N) is 1. The molecule has 2 N–H and O–H groups in total. The summed E-state index contributed by atoms with van der Waals surface area (Å²) in [5, 5.41) is 5.77. The number of benzene rings is 2. The zero-order valence-corrected chi connectivity index (χ0v) is 21.9. The zero-order chi connectivity index (χ0) is 27.2. The molecule has 2 aliphatic rings. The van der Waals surface area contributed by atoms with E-state index in [-0.39, 0.29) is 43.8 Å². The number of amides is 3. The summed E-state index contributed by atoms with van der Waals surface area (Å²) >= 11 is 0. The minimum Gasteiger partial charge on any atom is -0.493 e. The minimum absolute atomic E-state index is 0.0151. The number of halogens is 1. The Bertz CT molecular complexity index is 1190. The molecule has 2 atom stereocenters. The smallest absolute Gasteiger partial charge is 0.258 e. The van der Waals surface area contributed by atoms with Gasteiger partial charge in [-0.1, -0.05) is 19.9 Å². The van der Waals surface area contributed by atoms with Crippen molar-refractivity contribution in [1.82, 2.24) is 15.5 Å². The Hall–Kier alpha value is -3.82. The third-order valence-corrected chi connectivity index (χ3v) is 6.64. The van der Waals surface area contributed by atoms with Crippen LogP contribution in [0.15, 0.2) is 36.4 Å². The molecule has 2 aromatic carbocycles. The number of piperidine rings is 1. The molecule has 1 fully saturated rings. The Balaban J connectivity index is 1.62. The summed E-state index contributed by atoms with van der Waals surface area (Å²) in [6.07, 6.45) is 0.610. The van der Waals surface area contributed by atoms with E-state index in [4.69, 9.17) is 14.2 Å². The lowest BCUT2D eigenvalue weighted by Gasteiger charge is -2.39. The van der Waals surface area contributed by atoms with Crippen LogP contribution in [-0.2, 0) is 27.3 Å². The number of ether oxygens (including phenoxy) is 3. The highest BCUT2D eigenvalue weighted by molar-refractivity contribution is 5.80. The molecule has 0 radical (unpaired) electrons. The van der Waals surface area contributed by atoms with Crippen LogP contribution in [0, 0.1) is 11.7 Å². The average molecular weight is 528 g/mol. The zero-order valence-electron chi connectivity index (χ0n) is 21.9. The number of nitrogens with one attached hydrogen (secondary N) is 2. The first-order valence-corrected chi connectivity index (χ1v) is 12.8. The SMILES string of the molecule is COc1ccc2cc1OCC(=O)N[C@@H]1CN(C(=O)C(C)C)CC[C@H]1Oc1cc(F)cc(c1)CNC(=O)CC2. The van der Waals surface area contributed by atoms with Gasteiger partial charge in [-0.2, -0.15) is 0 Å². The van der Waals surface area contributed by atoms with E-state index in [1.165, 1.54) is 19.2 Å². The Kier molecular flexibility index (Phi) is 8.70. The standard InChI is InChI=1S/C28H34FN3O6/c1-17(2)28(35)32-9-8-23-22(15-32)31-27(34)16-37-25-12-18(4-6-24(25)36-3)5-7-26(33)30-14-19-10-20(29)13-21(11-19)38-23/h4,6,10-13,17,22-23H,5,7-9,14-16H2,1-3H3,(H,30,33)(H,31,34)/t22-,23-/m1/s1. The summed E-state index contributed by atoms with van der Waals surface area (Å²) < 4.78 is 31.7. The molecule has 2 heterocycles. The minimum atomic E-state index is -0.541.